The Morgan fingerprint density at radius 3 is 2.55 bits per heavy atom. The summed E-state index contributed by atoms with van der Waals surface area (Å²) >= 11 is 0. The Bertz CT molecular complexity index is 688. The lowest BCUT2D eigenvalue weighted by Gasteiger charge is -2.16. The summed E-state index contributed by atoms with van der Waals surface area (Å²) < 4.78 is 34.6. The number of halogens is 1. The molecule has 0 aliphatic carbocycles. The highest BCUT2D eigenvalue weighted by molar-refractivity contribution is 7.87. The van der Waals surface area contributed by atoms with Crippen molar-refractivity contribution < 1.29 is 22.0 Å². The second-order valence-corrected chi connectivity index (χ2v) is 6.15. The van der Waals surface area contributed by atoms with Gasteiger partial charge in [-0.1, -0.05) is 0 Å². The van der Waals surface area contributed by atoms with E-state index in [1.807, 2.05) is 0 Å². The van der Waals surface area contributed by atoms with Crippen LogP contribution in [0.15, 0.2) is 18.2 Å². The molecular formula is C11H11FN2O5S. The maximum absolute atomic E-state index is 12.9. The van der Waals surface area contributed by atoms with Crippen molar-refractivity contribution >= 4 is 27.5 Å². The van der Waals surface area contributed by atoms with E-state index in [-0.39, 0.29) is 12.2 Å². The predicted molar refractivity (Wildman–Crippen MR) is 68.6 cm³/mol. The third-order valence-corrected chi connectivity index (χ3v) is 4.29. The van der Waals surface area contributed by atoms with E-state index in [9.17, 15) is 27.2 Å². The van der Waals surface area contributed by atoms with Gasteiger partial charge in [0.2, 0.25) is 5.91 Å². The molecular weight excluding hydrogens is 291 g/mol. The summed E-state index contributed by atoms with van der Waals surface area (Å²) in [5, 5.41) is 9.31. The summed E-state index contributed by atoms with van der Waals surface area (Å²) in [6.45, 7) is 1.22. The van der Waals surface area contributed by atoms with Crippen molar-refractivity contribution in [2.24, 2.45) is 0 Å². The number of carbonyl (C=O) groups is 1. The van der Waals surface area contributed by atoms with Crippen LogP contribution in [0.4, 0.5) is 15.3 Å². The molecule has 1 aliphatic heterocycles. The van der Waals surface area contributed by atoms with Crippen molar-refractivity contribution in [2.75, 3.05) is 11.4 Å². The summed E-state index contributed by atoms with van der Waals surface area (Å²) in [5.74, 6) is -0.524. The first-order valence-corrected chi connectivity index (χ1v) is 7.13. The number of carbonyl (C=O) groups excluding carboxylic acids is 1. The predicted octanol–water partition coefficient (Wildman–Crippen LogP) is 1.31. The number of amides is 1. The van der Waals surface area contributed by atoms with E-state index in [0.29, 0.717) is 11.3 Å². The molecule has 0 aromatic heterocycles. The van der Waals surface area contributed by atoms with Gasteiger partial charge in [0.25, 0.3) is 5.69 Å². The van der Waals surface area contributed by atoms with Crippen LogP contribution in [0.25, 0.3) is 0 Å². The first kappa shape index (κ1) is 14.4. The van der Waals surface area contributed by atoms with Gasteiger partial charge in [0.15, 0.2) is 0 Å². The Kier molecular flexibility index (Phi) is 3.46. The number of hydrogen-bond donors (Lipinski definition) is 0. The number of rotatable bonds is 3. The molecule has 0 radical (unpaired) electrons. The Labute approximate surface area is 114 Å². The molecule has 1 amide bonds. The summed E-state index contributed by atoms with van der Waals surface area (Å²) in [5.41, 5.74) is 0.561. The molecule has 1 aromatic carbocycles. The van der Waals surface area contributed by atoms with Gasteiger partial charge in [0.05, 0.1) is 4.92 Å². The minimum Gasteiger partial charge on any atom is -0.311 e. The highest BCUT2D eigenvalue weighted by Crippen LogP contribution is 2.29. The lowest BCUT2D eigenvalue weighted by atomic mass is 10.1. The number of aryl methyl sites for hydroxylation is 1. The molecule has 1 fully saturated rings. The van der Waals surface area contributed by atoms with Crippen molar-refractivity contribution in [1.82, 2.24) is 0 Å². The van der Waals surface area contributed by atoms with Gasteiger partial charge < -0.3 is 4.90 Å². The molecule has 2 rings (SSSR count). The molecule has 7 nitrogen and oxygen atoms in total. The molecule has 20 heavy (non-hydrogen) atoms. The van der Waals surface area contributed by atoms with Crippen LogP contribution in [-0.4, -0.2) is 31.0 Å². The van der Waals surface area contributed by atoms with Crippen molar-refractivity contribution in [2.45, 2.75) is 18.6 Å². The lowest BCUT2D eigenvalue weighted by Crippen LogP contribution is -2.26. The van der Waals surface area contributed by atoms with Crippen molar-refractivity contribution in [3.8, 4) is 0 Å². The molecule has 9 heteroatoms. The third-order valence-electron chi connectivity index (χ3n) is 3.18. The minimum atomic E-state index is -4.78. The smallest absolute Gasteiger partial charge is 0.307 e. The van der Waals surface area contributed by atoms with Crippen LogP contribution in [0.2, 0.25) is 0 Å². The molecule has 1 atom stereocenters. The van der Waals surface area contributed by atoms with Crippen LogP contribution in [0.5, 0.6) is 0 Å². The van der Waals surface area contributed by atoms with Gasteiger partial charge in [-0.05, 0) is 19.1 Å². The molecule has 1 aliphatic rings. The van der Waals surface area contributed by atoms with E-state index >= 15 is 0 Å². The van der Waals surface area contributed by atoms with E-state index in [0.717, 1.165) is 4.90 Å². The summed E-state index contributed by atoms with van der Waals surface area (Å²) in [4.78, 5) is 23.0. The Morgan fingerprint density at radius 1 is 1.45 bits per heavy atom. The van der Waals surface area contributed by atoms with Crippen molar-refractivity contribution in [3.05, 3.63) is 33.9 Å². The van der Waals surface area contributed by atoms with Crippen LogP contribution < -0.4 is 4.90 Å². The van der Waals surface area contributed by atoms with Crippen molar-refractivity contribution in [1.29, 1.82) is 0 Å². The molecule has 0 saturated carbocycles. The number of hydrogen-bond acceptors (Lipinski definition) is 5. The zero-order chi connectivity index (χ0) is 15.1. The van der Waals surface area contributed by atoms with Gasteiger partial charge in [0.1, 0.15) is 5.25 Å². The van der Waals surface area contributed by atoms with E-state index < -0.39 is 32.7 Å². The Balaban J connectivity index is 2.31. The zero-order valence-electron chi connectivity index (χ0n) is 10.4. The second-order valence-electron chi connectivity index (χ2n) is 4.53. The molecule has 1 aromatic rings. The minimum absolute atomic E-state index is 0.102. The fourth-order valence-electron chi connectivity index (χ4n) is 2.13. The van der Waals surface area contributed by atoms with Crippen LogP contribution in [0.3, 0.4) is 0 Å². The Hall–Kier alpha value is -2.03. The third kappa shape index (κ3) is 2.62. The van der Waals surface area contributed by atoms with E-state index in [1.54, 1.807) is 0 Å². The van der Waals surface area contributed by atoms with Crippen LogP contribution in [0.1, 0.15) is 12.0 Å². The maximum Gasteiger partial charge on any atom is 0.307 e. The number of nitro groups is 1. The van der Waals surface area contributed by atoms with E-state index in [1.165, 1.54) is 25.1 Å². The van der Waals surface area contributed by atoms with Crippen molar-refractivity contribution in [3.63, 3.8) is 0 Å². The van der Waals surface area contributed by atoms with Gasteiger partial charge in [-0.15, -0.1) is 3.89 Å². The topological polar surface area (TPSA) is 97.6 Å². The fourth-order valence-corrected chi connectivity index (χ4v) is 2.79. The van der Waals surface area contributed by atoms with Crippen LogP contribution in [-0.2, 0) is 15.0 Å². The molecule has 0 spiro atoms. The number of nitro benzene ring substituents is 1. The largest absolute Gasteiger partial charge is 0.311 e. The molecule has 1 unspecified atom stereocenters. The van der Waals surface area contributed by atoms with Gasteiger partial charge in [-0.3, -0.25) is 14.9 Å². The average molecular weight is 302 g/mol. The van der Waals surface area contributed by atoms with Gasteiger partial charge in [-0.25, -0.2) is 0 Å². The number of nitrogens with zero attached hydrogens (tertiary/aromatic N) is 2. The lowest BCUT2D eigenvalue weighted by molar-refractivity contribution is -0.385. The Morgan fingerprint density at radius 2 is 2.10 bits per heavy atom. The van der Waals surface area contributed by atoms with Crippen LogP contribution >= 0.6 is 0 Å². The molecule has 108 valence electrons. The second kappa shape index (κ2) is 4.82. The quantitative estimate of drug-likeness (QED) is 0.476. The number of benzene rings is 1. The maximum atomic E-state index is 12.9. The highest BCUT2D eigenvalue weighted by atomic mass is 32.3. The molecule has 0 bridgehead atoms. The monoisotopic (exact) mass is 302 g/mol. The molecule has 1 saturated heterocycles. The van der Waals surface area contributed by atoms with Gasteiger partial charge >= 0.3 is 10.2 Å². The molecule has 0 N–H and O–H groups in total. The summed E-state index contributed by atoms with van der Waals surface area (Å²) in [6.07, 6.45) is -0.422. The fraction of sp³-hybridized carbons (Fsp3) is 0.364. The number of anilines is 1. The first-order chi connectivity index (χ1) is 9.20. The molecule has 1 heterocycles. The van der Waals surface area contributed by atoms with E-state index in [2.05, 4.69) is 0 Å². The average Bonchev–Trinajstić information content (AvgIpc) is 2.70. The highest BCUT2D eigenvalue weighted by Gasteiger charge is 2.39. The standard InChI is InChI=1S/C11H11FN2O5S/c1-7-4-8(2-3-10(7)14(16)17)13-6-9(5-11(13)15)20(12,18)19/h2-4,9H,5-6H2,1H3. The van der Waals surface area contributed by atoms with E-state index in [4.69, 9.17) is 0 Å². The normalized spacial score (nSPS) is 19.4. The first-order valence-electron chi connectivity index (χ1n) is 5.69. The summed E-state index contributed by atoms with van der Waals surface area (Å²) in [6, 6.07) is 3.98. The summed E-state index contributed by atoms with van der Waals surface area (Å²) in [7, 11) is -4.78. The SMILES string of the molecule is Cc1cc(N2CC(S(=O)(=O)F)CC2=O)ccc1[N+](=O)[O-]. The van der Waals surface area contributed by atoms with Gasteiger partial charge in [-0.2, -0.15) is 8.42 Å². The zero-order valence-corrected chi connectivity index (χ0v) is 11.3. The van der Waals surface area contributed by atoms with Crippen LogP contribution in [0, 0.1) is 17.0 Å². The van der Waals surface area contributed by atoms with Gasteiger partial charge in [0, 0.05) is 30.3 Å².